The van der Waals surface area contributed by atoms with Gasteiger partial charge in [-0.3, -0.25) is 4.99 Å². The van der Waals surface area contributed by atoms with Gasteiger partial charge in [0.05, 0.1) is 17.7 Å². The van der Waals surface area contributed by atoms with Gasteiger partial charge < -0.3 is 9.30 Å². The molecule has 0 saturated carbocycles. The average Bonchev–Trinajstić information content (AvgIpc) is 3.45. The number of halogens is 2. The van der Waals surface area contributed by atoms with E-state index in [1.165, 1.54) is 23.5 Å². The van der Waals surface area contributed by atoms with Crippen LogP contribution in [0.25, 0.3) is 16.9 Å². The number of aromatic nitrogens is 3. The molecule has 0 aliphatic carbocycles. The summed E-state index contributed by atoms with van der Waals surface area (Å²) in [6, 6.07) is 14.7. The molecule has 0 unspecified atom stereocenters. The number of imidazole rings is 1. The lowest BCUT2D eigenvalue weighted by atomic mass is 10.1. The molecule has 2 aromatic carbocycles. The summed E-state index contributed by atoms with van der Waals surface area (Å²) in [5, 5.41) is 6.82. The van der Waals surface area contributed by atoms with Crippen molar-refractivity contribution in [1.29, 1.82) is 0 Å². The van der Waals surface area contributed by atoms with Crippen molar-refractivity contribution in [2.24, 2.45) is 10.1 Å². The van der Waals surface area contributed by atoms with Crippen LogP contribution in [0.3, 0.4) is 0 Å². The molecule has 170 valence electrons. The van der Waals surface area contributed by atoms with Crippen molar-refractivity contribution in [3.05, 3.63) is 83.0 Å². The molecule has 4 rings (SSSR count). The molecule has 0 fully saturated rings. The van der Waals surface area contributed by atoms with Crippen LogP contribution in [0.2, 0.25) is 0 Å². The largest absolute Gasteiger partial charge is 0.435 e. The topological polar surface area (TPSA) is 56.7 Å². The highest BCUT2D eigenvalue weighted by Crippen LogP contribution is 2.24. The first-order valence-electron chi connectivity index (χ1n) is 10.3. The van der Waals surface area contributed by atoms with Crippen LogP contribution in [-0.4, -0.2) is 32.6 Å². The fourth-order valence-corrected chi connectivity index (χ4v) is 4.17. The quantitative estimate of drug-likeness (QED) is 0.333. The minimum Gasteiger partial charge on any atom is -0.435 e. The van der Waals surface area contributed by atoms with Crippen molar-refractivity contribution in [1.82, 2.24) is 14.2 Å². The number of ether oxygens (including phenoxy) is 1. The highest BCUT2D eigenvalue weighted by molar-refractivity contribution is 7.07. The zero-order valence-electron chi connectivity index (χ0n) is 18.4. The molecule has 2 heterocycles. The molecule has 6 nitrogen and oxygen atoms in total. The zero-order chi connectivity index (χ0) is 23.4. The Balaban J connectivity index is 1.71. The third kappa shape index (κ3) is 5.43. The molecule has 33 heavy (non-hydrogen) atoms. The lowest BCUT2D eigenvalue weighted by molar-refractivity contribution is -0.0498. The maximum atomic E-state index is 12.5. The summed E-state index contributed by atoms with van der Waals surface area (Å²) in [6.45, 7) is 3.10. The Kier molecular flexibility index (Phi) is 6.79. The SMILES string of the molecule is CC(=Nn1c(-c2ccc(OC(F)F)cc2)csc1=NC(C)C)c1ccc(-n2ccnc2)cc1. The number of thiazole rings is 1. The van der Waals surface area contributed by atoms with Crippen LogP contribution in [0.5, 0.6) is 5.75 Å². The molecule has 0 bridgehead atoms. The first kappa shape index (κ1) is 22.6. The third-order valence-corrected chi connectivity index (χ3v) is 5.60. The normalized spacial score (nSPS) is 12.7. The van der Waals surface area contributed by atoms with Crippen molar-refractivity contribution in [2.45, 2.75) is 33.4 Å². The van der Waals surface area contributed by atoms with Gasteiger partial charge in [-0.05, 0) is 62.7 Å². The second kappa shape index (κ2) is 9.91. The summed E-state index contributed by atoms with van der Waals surface area (Å²) in [5.41, 5.74) is 4.44. The van der Waals surface area contributed by atoms with E-state index in [0.717, 1.165) is 33.0 Å². The summed E-state index contributed by atoms with van der Waals surface area (Å²) in [5.74, 6) is 0.111. The molecule has 4 aromatic rings. The Labute approximate surface area is 194 Å². The van der Waals surface area contributed by atoms with Crippen molar-refractivity contribution in [3.63, 3.8) is 0 Å². The maximum Gasteiger partial charge on any atom is 0.387 e. The third-order valence-electron chi connectivity index (χ3n) is 4.77. The molecule has 0 amide bonds. The summed E-state index contributed by atoms with van der Waals surface area (Å²) in [4.78, 5) is 9.53. The Bertz CT molecular complexity index is 1290. The van der Waals surface area contributed by atoms with E-state index in [1.54, 1.807) is 29.3 Å². The predicted octanol–water partition coefficient (Wildman–Crippen LogP) is 5.59. The molecule has 0 aliphatic rings. The van der Waals surface area contributed by atoms with E-state index in [1.807, 2.05) is 61.2 Å². The summed E-state index contributed by atoms with van der Waals surface area (Å²) < 4.78 is 33.2. The van der Waals surface area contributed by atoms with E-state index in [2.05, 4.69) is 9.72 Å². The van der Waals surface area contributed by atoms with Crippen molar-refractivity contribution < 1.29 is 13.5 Å². The van der Waals surface area contributed by atoms with Crippen molar-refractivity contribution in [2.75, 3.05) is 0 Å². The first-order chi connectivity index (χ1) is 15.9. The van der Waals surface area contributed by atoms with Gasteiger partial charge in [0, 0.05) is 35.1 Å². The Morgan fingerprint density at radius 1 is 1.06 bits per heavy atom. The van der Waals surface area contributed by atoms with E-state index < -0.39 is 6.61 Å². The molecular formula is C24H23F2N5OS. The van der Waals surface area contributed by atoms with Gasteiger partial charge in [0.1, 0.15) is 5.75 Å². The smallest absolute Gasteiger partial charge is 0.387 e. The highest BCUT2D eigenvalue weighted by Gasteiger charge is 2.11. The van der Waals surface area contributed by atoms with Gasteiger partial charge in [-0.2, -0.15) is 13.9 Å². The van der Waals surface area contributed by atoms with E-state index in [9.17, 15) is 8.78 Å². The van der Waals surface area contributed by atoms with E-state index in [4.69, 9.17) is 10.1 Å². The maximum absolute atomic E-state index is 12.5. The van der Waals surface area contributed by atoms with Crippen LogP contribution in [0.15, 0.2) is 82.7 Å². The van der Waals surface area contributed by atoms with Gasteiger partial charge >= 0.3 is 6.61 Å². The van der Waals surface area contributed by atoms with Gasteiger partial charge in [0.25, 0.3) is 0 Å². The lowest BCUT2D eigenvalue weighted by Crippen LogP contribution is -2.16. The van der Waals surface area contributed by atoms with Gasteiger partial charge in [0.2, 0.25) is 4.80 Å². The zero-order valence-corrected chi connectivity index (χ0v) is 19.2. The number of hydrogen-bond acceptors (Lipinski definition) is 5. The van der Waals surface area contributed by atoms with Crippen LogP contribution in [0, 0.1) is 0 Å². The number of alkyl halides is 2. The van der Waals surface area contributed by atoms with Gasteiger partial charge in [0.15, 0.2) is 0 Å². The van der Waals surface area contributed by atoms with E-state index in [0.29, 0.717) is 0 Å². The summed E-state index contributed by atoms with van der Waals surface area (Å²) in [6.07, 6.45) is 5.38. The van der Waals surface area contributed by atoms with E-state index in [-0.39, 0.29) is 11.8 Å². The molecule has 0 saturated heterocycles. The summed E-state index contributed by atoms with van der Waals surface area (Å²) >= 11 is 1.48. The molecular weight excluding hydrogens is 444 g/mol. The Morgan fingerprint density at radius 2 is 1.79 bits per heavy atom. The summed E-state index contributed by atoms with van der Waals surface area (Å²) in [7, 11) is 0. The van der Waals surface area contributed by atoms with Crippen molar-refractivity contribution in [3.8, 4) is 22.7 Å². The molecule has 2 aromatic heterocycles. The van der Waals surface area contributed by atoms with Gasteiger partial charge in [-0.15, -0.1) is 11.3 Å². The Morgan fingerprint density at radius 3 is 2.39 bits per heavy atom. The Hall–Kier alpha value is -3.59. The minimum atomic E-state index is -2.86. The number of rotatable bonds is 7. The molecule has 0 aliphatic heterocycles. The van der Waals surface area contributed by atoms with E-state index >= 15 is 0 Å². The molecule has 9 heteroatoms. The van der Waals surface area contributed by atoms with Crippen molar-refractivity contribution >= 4 is 17.0 Å². The molecule has 0 radical (unpaired) electrons. The second-order valence-corrected chi connectivity index (χ2v) is 8.38. The predicted molar refractivity (Wildman–Crippen MR) is 126 cm³/mol. The monoisotopic (exact) mass is 467 g/mol. The number of benzene rings is 2. The first-order valence-corrected chi connectivity index (χ1v) is 11.2. The molecule has 0 spiro atoms. The fourth-order valence-electron chi connectivity index (χ4n) is 3.21. The standard InChI is InChI=1S/C24H23F2N5OS/c1-16(2)28-24-31(22(14-33-24)19-6-10-21(11-7-19)32-23(25)26)29-17(3)18-4-8-20(9-5-18)30-13-12-27-15-30/h4-16,23H,1-3H3. The van der Waals surface area contributed by atoms with Crippen LogP contribution < -0.4 is 9.54 Å². The number of hydrogen-bond donors (Lipinski definition) is 0. The van der Waals surface area contributed by atoms with Gasteiger partial charge in [-0.1, -0.05) is 12.1 Å². The minimum absolute atomic E-state index is 0.0922. The van der Waals surface area contributed by atoms with Crippen LogP contribution in [0.1, 0.15) is 26.3 Å². The number of nitrogens with zero attached hydrogens (tertiary/aromatic N) is 5. The second-order valence-electron chi connectivity index (χ2n) is 7.54. The van der Waals surface area contributed by atoms with Crippen LogP contribution >= 0.6 is 11.3 Å². The average molecular weight is 468 g/mol. The fraction of sp³-hybridized carbons (Fsp3) is 0.208. The van der Waals surface area contributed by atoms with Crippen LogP contribution in [0.4, 0.5) is 8.78 Å². The van der Waals surface area contributed by atoms with Crippen LogP contribution in [-0.2, 0) is 0 Å². The highest BCUT2D eigenvalue weighted by atomic mass is 32.1. The molecule has 0 atom stereocenters. The van der Waals surface area contributed by atoms with Gasteiger partial charge in [-0.25, -0.2) is 9.66 Å². The molecule has 0 N–H and O–H groups in total. The lowest BCUT2D eigenvalue weighted by Gasteiger charge is -2.09.